The van der Waals surface area contributed by atoms with Crippen LogP contribution < -0.4 is 9.73 Å². The SMILES string of the molecule is Cc1cc(/C=N\NC(=O)CN(c2ccccc2)S(=O)(=O)c2ccccc2)c(C)n1-c1ccccc1C(F)(F)F. The number of para-hydroxylation sites is 2. The Labute approximate surface area is 224 Å². The number of benzene rings is 3. The Kier molecular flexibility index (Phi) is 7.91. The molecule has 202 valence electrons. The first-order valence-corrected chi connectivity index (χ1v) is 13.2. The molecule has 0 atom stereocenters. The molecule has 0 aliphatic carbocycles. The standard InChI is InChI=1S/C28H25F3N4O3S/c1-20-17-22(21(2)35(20)26-16-10-9-15-25(26)28(29,30)31)18-32-33-27(36)19-34(23-11-5-3-6-12-23)39(37,38)24-13-7-4-8-14-24/h3-18H,19H2,1-2H3,(H,33,36)/b32-18-. The molecular formula is C28H25F3N4O3S. The molecule has 0 saturated heterocycles. The number of rotatable bonds is 8. The van der Waals surface area contributed by atoms with Crippen LogP contribution in [0.5, 0.6) is 0 Å². The molecule has 1 heterocycles. The summed E-state index contributed by atoms with van der Waals surface area (Å²) in [6, 6.07) is 22.8. The number of nitrogens with zero attached hydrogens (tertiary/aromatic N) is 3. The van der Waals surface area contributed by atoms with E-state index in [9.17, 15) is 26.4 Å². The van der Waals surface area contributed by atoms with Gasteiger partial charge in [0.05, 0.1) is 28.0 Å². The van der Waals surface area contributed by atoms with Crippen molar-refractivity contribution >= 4 is 27.8 Å². The second-order valence-electron chi connectivity index (χ2n) is 8.63. The van der Waals surface area contributed by atoms with Crippen LogP contribution in [0.4, 0.5) is 18.9 Å². The number of amides is 1. The number of halogens is 3. The molecule has 0 spiro atoms. The first-order chi connectivity index (χ1) is 18.5. The van der Waals surface area contributed by atoms with E-state index in [1.807, 2.05) is 0 Å². The van der Waals surface area contributed by atoms with Gasteiger partial charge >= 0.3 is 6.18 Å². The monoisotopic (exact) mass is 554 g/mol. The molecule has 0 unspecified atom stereocenters. The van der Waals surface area contributed by atoms with E-state index in [0.29, 0.717) is 22.6 Å². The van der Waals surface area contributed by atoms with Crippen molar-refractivity contribution in [2.24, 2.45) is 5.10 Å². The third-order valence-corrected chi connectivity index (χ3v) is 7.76. The summed E-state index contributed by atoms with van der Waals surface area (Å²) in [5, 5.41) is 3.94. The minimum atomic E-state index is -4.54. The number of hydrogen-bond acceptors (Lipinski definition) is 4. The summed E-state index contributed by atoms with van der Waals surface area (Å²) in [5.74, 6) is -0.703. The molecule has 7 nitrogen and oxygen atoms in total. The summed E-state index contributed by atoms with van der Waals surface area (Å²) in [7, 11) is -4.06. The second-order valence-corrected chi connectivity index (χ2v) is 10.5. The van der Waals surface area contributed by atoms with Crippen molar-refractivity contribution in [2.75, 3.05) is 10.8 Å². The number of hydrogen-bond donors (Lipinski definition) is 1. The maximum Gasteiger partial charge on any atom is 0.418 e. The topological polar surface area (TPSA) is 83.8 Å². The number of sulfonamides is 1. The van der Waals surface area contributed by atoms with Gasteiger partial charge in [0.1, 0.15) is 6.54 Å². The van der Waals surface area contributed by atoms with Gasteiger partial charge in [-0.25, -0.2) is 13.8 Å². The molecule has 0 aliphatic heterocycles. The normalized spacial score (nSPS) is 12.0. The lowest BCUT2D eigenvalue weighted by Gasteiger charge is -2.23. The Hall–Kier alpha value is -4.38. The zero-order valence-corrected chi connectivity index (χ0v) is 21.9. The summed E-state index contributed by atoms with van der Waals surface area (Å²) < 4.78 is 69.8. The van der Waals surface area contributed by atoms with Crippen LogP contribution in [0.3, 0.4) is 0 Å². The lowest BCUT2D eigenvalue weighted by molar-refractivity contribution is -0.137. The average molecular weight is 555 g/mol. The van der Waals surface area contributed by atoms with Crippen LogP contribution >= 0.6 is 0 Å². The van der Waals surface area contributed by atoms with Crippen molar-refractivity contribution in [1.29, 1.82) is 0 Å². The van der Waals surface area contributed by atoms with Crippen LogP contribution in [-0.2, 0) is 21.0 Å². The van der Waals surface area contributed by atoms with Crippen molar-refractivity contribution in [1.82, 2.24) is 9.99 Å². The maximum atomic E-state index is 13.6. The van der Waals surface area contributed by atoms with E-state index in [-0.39, 0.29) is 10.6 Å². The number of nitrogens with one attached hydrogen (secondary N) is 1. The third kappa shape index (κ3) is 6.04. The molecule has 1 amide bonds. The molecule has 1 N–H and O–H groups in total. The molecule has 0 saturated carbocycles. The lowest BCUT2D eigenvalue weighted by atomic mass is 10.1. The third-order valence-electron chi connectivity index (χ3n) is 5.98. The zero-order chi connectivity index (χ0) is 28.2. The molecule has 3 aromatic carbocycles. The van der Waals surface area contributed by atoms with Crippen LogP contribution in [0.2, 0.25) is 0 Å². The van der Waals surface area contributed by atoms with Crippen LogP contribution in [-0.4, -0.2) is 31.7 Å². The summed E-state index contributed by atoms with van der Waals surface area (Å²) in [4.78, 5) is 12.8. The predicted molar refractivity (Wildman–Crippen MR) is 143 cm³/mol. The van der Waals surface area contributed by atoms with E-state index < -0.39 is 34.2 Å². The molecule has 39 heavy (non-hydrogen) atoms. The van der Waals surface area contributed by atoms with E-state index in [4.69, 9.17) is 0 Å². The summed E-state index contributed by atoms with van der Waals surface area (Å²) >= 11 is 0. The van der Waals surface area contributed by atoms with Crippen molar-refractivity contribution in [3.8, 4) is 5.69 Å². The van der Waals surface area contributed by atoms with Crippen molar-refractivity contribution in [2.45, 2.75) is 24.9 Å². The highest BCUT2D eigenvalue weighted by atomic mass is 32.2. The number of aromatic nitrogens is 1. The van der Waals surface area contributed by atoms with Gasteiger partial charge in [-0.1, -0.05) is 48.5 Å². The van der Waals surface area contributed by atoms with Gasteiger partial charge in [-0.2, -0.15) is 18.3 Å². The van der Waals surface area contributed by atoms with Gasteiger partial charge in [0.25, 0.3) is 15.9 Å². The molecular weight excluding hydrogens is 529 g/mol. The fourth-order valence-electron chi connectivity index (χ4n) is 4.17. The number of alkyl halides is 3. The zero-order valence-electron chi connectivity index (χ0n) is 21.1. The van der Waals surface area contributed by atoms with E-state index in [1.54, 1.807) is 68.4 Å². The van der Waals surface area contributed by atoms with Gasteiger partial charge in [0.2, 0.25) is 0 Å². The molecule has 0 bridgehead atoms. The van der Waals surface area contributed by atoms with Crippen LogP contribution in [0.25, 0.3) is 5.69 Å². The maximum absolute atomic E-state index is 13.6. The second kappa shape index (κ2) is 11.2. The smallest absolute Gasteiger partial charge is 0.317 e. The van der Waals surface area contributed by atoms with Crippen LogP contribution in [0.15, 0.2) is 101 Å². The Morgan fingerprint density at radius 1 is 0.949 bits per heavy atom. The van der Waals surface area contributed by atoms with Gasteiger partial charge in [-0.15, -0.1) is 0 Å². The molecule has 0 aliphatic rings. The van der Waals surface area contributed by atoms with Gasteiger partial charge in [-0.05, 0) is 56.3 Å². The highest BCUT2D eigenvalue weighted by Gasteiger charge is 2.34. The Bertz CT molecular complexity index is 1600. The minimum Gasteiger partial charge on any atom is -0.317 e. The lowest BCUT2D eigenvalue weighted by Crippen LogP contribution is -2.39. The van der Waals surface area contributed by atoms with Crippen molar-refractivity contribution < 1.29 is 26.4 Å². The fraction of sp³-hybridized carbons (Fsp3) is 0.143. The van der Waals surface area contributed by atoms with E-state index in [0.717, 1.165) is 10.4 Å². The summed E-state index contributed by atoms with van der Waals surface area (Å²) in [6.07, 6.45) is -3.22. The highest BCUT2D eigenvalue weighted by molar-refractivity contribution is 7.92. The predicted octanol–water partition coefficient (Wildman–Crippen LogP) is 5.46. The summed E-state index contributed by atoms with van der Waals surface area (Å²) in [5.41, 5.74) is 3.34. The van der Waals surface area contributed by atoms with Gasteiger partial charge < -0.3 is 4.57 Å². The van der Waals surface area contributed by atoms with E-state index >= 15 is 0 Å². The first-order valence-electron chi connectivity index (χ1n) is 11.8. The number of hydrazone groups is 1. The Morgan fingerprint density at radius 3 is 2.18 bits per heavy atom. The van der Waals surface area contributed by atoms with Crippen molar-refractivity contribution in [3.05, 3.63) is 114 Å². The number of aryl methyl sites for hydroxylation is 1. The highest BCUT2D eigenvalue weighted by Crippen LogP contribution is 2.35. The molecule has 11 heteroatoms. The number of anilines is 1. The van der Waals surface area contributed by atoms with Crippen molar-refractivity contribution in [3.63, 3.8) is 0 Å². The molecule has 4 rings (SSSR count). The summed E-state index contributed by atoms with van der Waals surface area (Å²) in [6.45, 7) is 2.77. The van der Waals surface area contributed by atoms with Crippen LogP contribution in [0, 0.1) is 13.8 Å². The molecule has 0 radical (unpaired) electrons. The van der Waals surface area contributed by atoms with E-state index in [2.05, 4.69) is 10.5 Å². The number of carbonyl (C=O) groups excluding carboxylic acids is 1. The minimum absolute atomic E-state index is 0.0201. The van der Waals surface area contributed by atoms with Gasteiger partial charge in [0.15, 0.2) is 0 Å². The quantitative estimate of drug-likeness (QED) is 0.232. The van der Waals surface area contributed by atoms with Gasteiger partial charge in [0, 0.05) is 17.0 Å². The fourth-order valence-corrected chi connectivity index (χ4v) is 5.61. The number of carbonyl (C=O) groups is 1. The Balaban J connectivity index is 1.56. The average Bonchev–Trinajstić information content (AvgIpc) is 3.20. The van der Waals surface area contributed by atoms with E-state index in [1.165, 1.54) is 41.1 Å². The molecule has 4 aromatic rings. The molecule has 1 aromatic heterocycles. The Morgan fingerprint density at radius 2 is 1.54 bits per heavy atom. The van der Waals surface area contributed by atoms with Gasteiger partial charge in [-0.3, -0.25) is 9.10 Å². The molecule has 0 fully saturated rings. The first kappa shape index (κ1) is 27.6. The van der Waals surface area contributed by atoms with Crippen LogP contribution in [0.1, 0.15) is 22.5 Å². The largest absolute Gasteiger partial charge is 0.418 e.